The molecule has 10 heteroatoms. The Morgan fingerprint density at radius 3 is 2.39 bits per heavy atom. The Hall–Kier alpha value is -3.07. The second-order valence-electron chi connectivity index (χ2n) is 6.36. The van der Waals surface area contributed by atoms with E-state index in [9.17, 15) is 18.4 Å². The maximum absolute atomic E-state index is 13.3. The average molecular weight is 466 g/mol. The summed E-state index contributed by atoms with van der Waals surface area (Å²) < 4.78 is 31.6. The predicted octanol–water partition coefficient (Wildman–Crippen LogP) is 4.41. The first kappa shape index (κ1) is 22.6. The van der Waals surface area contributed by atoms with Crippen LogP contribution < -0.4 is 11.1 Å². The minimum absolute atomic E-state index is 0.0560. The summed E-state index contributed by atoms with van der Waals surface area (Å²) in [6.07, 6.45) is 0.0497. The SMILES string of the molecule is NC(OC(=O)c1cc(C(=O)NCc2ccc(F)c(Cl)c2)ccn1)c1ccc(F)c(Cl)c1. The van der Waals surface area contributed by atoms with Crippen LogP contribution in [0.4, 0.5) is 8.78 Å². The fourth-order valence-corrected chi connectivity index (χ4v) is 2.94. The zero-order valence-corrected chi connectivity index (χ0v) is 17.3. The molecule has 1 aromatic heterocycles. The molecule has 3 rings (SSSR count). The molecule has 0 spiro atoms. The van der Waals surface area contributed by atoms with Gasteiger partial charge in [-0.3, -0.25) is 10.5 Å². The van der Waals surface area contributed by atoms with Gasteiger partial charge < -0.3 is 10.1 Å². The van der Waals surface area contributed by atoms with Crippen molar-refractivity contribution >= 4 is 35.1 Å². The normalized spacial score (nSPS) is 11.6. The van der Waals surface area contributed by atoms with Gasteiger partial charge in [0.2, 0.25) is 0 Å². The van der Waals surface area contributed by atoms with Crippen LogP contribution in [-0.4, -0.2) is 16.9 Å². The third-order valence-electron chi connectivity index (χ3n) is 4.17. The summed E-state index contributed by atoms with van der Waals surface area (Å²) in [4.78, 5) is 28.6. The predicted molar refractivity (Wildman–Crippen MR) is 111 cm³/mol. The third kappa shape index (κ3) is 5.75. The lowest BCUT2D eigenvalue weighted by Crippen LogP contribution is -2.24. The number of carbonyl (C=O) groups is 2. The molecule has 1 atom stereocenters. The van der Waals surface area contributed by atoms with Crippen LogP contribution in [0.2, 0.25) is 10.0 Å². The first-order valence-corrected chi connectivity index (χ1v) is 9.60. The van der Waals surface area contributed by atoms with Gasteiger partial charge in [-0.1, -0.05) is 35.3 Å². The molecule has 0 aliphatic heterocycles. The Balaban J connectivity index is 1.65. The highest BCUT2D eigenvalue weighted by atomic mass is 35.5. The summed E-state index contributed by atoms with van der Waals surface area (Å²) in [6, 6.07) is 10.4. The highest BCUT2D eigenvalue weighted by molar-refractivity contribution is 6.31. The Labute approximate surface area is 185 Å². The lowest BCUT2D eigenvalue weighted by atomic mass is 10.2. The van der Waals surface area contributed by atoms with Gasteiger partial charge in [0.05, 0.1) is 10.0 Å². The number of benzene rings is 2. The Morgan fingerprint density at radius 2 is 1.71 bits per heavy atom. The standard InChI is InChI=1S/C21H15Cl2F2N3O3/c22-14-7-11(1-3-16(14)24)10-28-20(29)13-5-6-27-18(9-13)21(30)31-19(26)12-2-4-17(25)15(23)8-12/h1-9,19H,10,26H2,(H,28,29). The van der Waals surface area contributed by atoms with E-state index in [-0.39, 0.29) is 33.4 Å². The summed E-state index contributed by atoms with van der Waals surface area (Å²) in [5.41, 5.74) is 6.69. The van der Waals surface area contributed by atoms with Crippen molar-refractivity contribution in [1.82, 2.24) is 10.3 Å². The first-order valence-electron chi connectivity index (χ1n) is 8.84. The molecule has 0 aliphatic rings. The number of ether oxygens (including phenoxy) is 1. The maximum atomic E-state index is 13.3. The zero-order chi connectivity index (χ0) is 22.5. The van der Waals surface area contributed by atoms with Crippen LogP contribution in [-0.2, 0) is 11.3 Å². The smallest absolute Gasteiger partial charge is 0.358 e. The van der Waals surface area contributed by atoms with Crippen molar-refractivity contribution in [2.24, 2.45) is 5.73 Å². The molecule has 1 unspecified atom stereocenters. The second-order valence-corrected chi connectivity index (χ2v) is 7.17. The fourth-order valence-electron chi connectivity index (χ4n) is 2.55. The zero-order valence-electron chi connectivity index (χ0n) is 15.7. The van der Waals surface area contributed by atoms with Gasteiger partial charge in [-0.05, 0) is 42.0 Å². The summed E-state index contributed by atoms with van der Waals surface area (Å²) in [6.45, 7) is 0.0944. The van der Waals surface area contributed by atoms with E-state index in [4.69, 9.17) is 33.7 Å². The molecule has 2 aromatic carbocycles. The van der Waals surface area contributed by atoms with E-state index in [2.05, 4.69) is 10.3 Å². The largest absolute Gasteiger partial charge is 0.438 e. The summed E-state index contributed by atoms with van der Waals surface area (Å²) in [5, 5.41) is 2.41. The molecule has 31 heavy (non-hydrogen) atoms. The van der Waals surface area contributed by atoms with Crippen molar-refractivity contribution in [3.8, 4) is 0 Å². The fraction of sp³-hybridized carbons (Fsp3) is 0.0952. The minimum atomic E-state index is -1.21. The van der Waals surface area contributed by atoms with Crippen LogP contribution in [0.25, 0.3) is 0 Å². The number of nitrogens with two attached hydrogens (primary N) is 1. The first-order chi connectivity index (χ1) is 14.7. The average Bonchev–Trinajstić information content (AvgIpc) is 2.76. The Kier molecular flexibility index (Phi) is 7.17. The summed E-state index contributed by atoms with van der Waals surface area (Å²) in [5.74, 6) is -2.57. The molecule has 0 fully saturated rings. The molecule has 1 heterocycles. The van der Waals surface area contributed by atoms with Crippen molar-refractivity contribution in [1.29, 1.82) is 0 Å². The number of hydrogen-bond acceptors (Lipinski definition) is 5. The van der Waals surface area contributed by atoms with Crippen molar-refractivity contribution in [2.75, 3.05) is 0 Å². The van der Waals surface area contributed by atoms with Gasteiger partial charge in [0, 0.05) is 23.9 Å². The molecule has 0 bridgehead atoms. The van der Waals surface area contributed by atoms with Gasteiger partial charge in [0.1, 0.15) is 17.3 Å². The van der Waals surface area contributed by atoms with Gasteiger partial charge in [-0.25, -0.2) is 18.6 Å². The molecular weight excluding hydrogens is 451 g/mol. The number of pyridine rings is 1. The molecule has 160 valence electrons. The molecule has 0 saturated carbocycles. The number of rotatable bonds is 6. The van der Waals surface area contributed by atoms with Gasteiger partial charge in [0.15, 0.2) is 6.23 Å². The molecule has 0 saturated heterocycles. The molecule has 0 radical (unpaired) electrons. The number of carbonyl (C=O) groups excluding carboxylic acids is 2. The van der Waals surface area contributed by atoms with Gasteiger partial charge >= 0.3 is 5.97 Å². The van der Waals surface area contributed by atoms with E-state index in [0.717, 1.165) is 6.07 Å². The maximum Gasteiger partial charge on any atom is 0.358 e. The van der Waals surface area contributed by atoms with E-state index < -0.39 is 29.7 Å². The number of nitrogens with one attached hydrogen (secondary N) is 1. The molecular formula is C21H15Cl2F2N3O3. The van der Waals surface area contributed by atoms with Crippen LogP contribution >= 0.6 is 23.2 Å². The second kappa shape index (κ2) is 9.82. The van der Waals surface area contributed by atoms with Gasteiger partial charge in [-0.15, -0.1) is 0 Å². The topological polar surface area (TPSA) is 94.3 Å². The minimum Gasteiger partial charge on any atom is -0.438 e. The number of aromatic nitrogens is 1. The van der Waals surface area contributed by atoms with E-state index in [1.54, 1.807) is 0 Å². The van der Waals surface area contributed by atoms with E-state index in [0.29, 0.717) is 5.56 Å². The lowest BCUT2D eigenvalue weighted by molar-refractivity contribution is 0.0304. The van der Waals surface area contributed by atoms with Crippen LogP contribution in [0.1, 0.15) is 38.2 Å². The van der Waals surface area contributed by atoms with Crippen molar-refractivity contribution in [3.05, 3.63) is 98.8 Å². The Morgan fingerprint density at radius 1 is 1.03 bits per heavy atom. The van der Waals surface area contributed by atoms with Crippen molar-refractivity contribution < 1.29 is 23.1 Å². The van der Waals surface area contributed by atoms with Crippen LogP contribution in [0.15, 0.2) is 54.7 Å². The lowest BCUT2D eigenvalue weighted by Gasteiger charge is -2.14. The molecule has 3 N–H and O–H groups in total. The van der Waals surface area contributed by atoms with E-state index in [1.165, 1.54) is 48.7 Å². The van der Waals surface area contributed by atoms with Crippen LogP contribution in [0.3, 0.4) is 0 Å². The number of hydrogen-bond donors (Lipinski definition) is 2. The van der Waals surface area contributed by atoms with E-state index in [1.807, 2.05) is 0 Å². The Bertz CT molecular complexity index is 1140. The van der Waals surface area contributed by atoms with Gasteiger partial charge in [0.25, 0.3) is 5.91 Å². The number of nitrogens with zero attached hydrogens (tertiary/aromatic N) is 1. The van der Waals surface area contributed by atoms with Gasteiger partial charge in [-0.2, -0.15) is 0 Å². The van der Waals surface area contributed by atoms with Crippen molar-refractivity contribution in [2.45, 2.75) is 12.8 Å². The van der Waals surface area contributed by atoms with E-state index >= 15 is 0 Å². The summed E-state index contributed by atoms with van der Waals surface area (Å²) >= 11 is 11.4. The highest BCUT2D eigenvalue weighted by Gasteiger charge is 2.18. The monoisotopic (exact) mass is 465 g/mol. The molecule has 1 amide bonds. The highest BCUT2D eigenvalue weighted by Crippen LogP contribution is 2.21. The van der Waals surface area contributed by atoms with Crippen molar-refractivity contribution in [3.63, 3.8) is 0 Å². The van der Waals surface area contributed by atoms with Crippen LogP contribution in [0, 0.1) is 11.6 Å². The molecule has 6 nitrogen and oxygen atoms in total. The number of esters is 1. The quantitative estimate of drug-likeness (QED) is 0.415. The molecule has 3 aromatic rings. The van der Waals surface area contributed by atoms with Crippen LogP contribution in [0.5, 0.6) is 0 Å². The number of amides is 1. The molecule has 0 aliphatic carbocycles. The summed E-state index contributed by atoms with van der Waals surface area (Å²) in [7, 11) is 0. The number of halogens is 4. The third-order valence-corrected chi connectivity index (χ3v) is 4.75.